The average Bonchev–Trinajstić information content (AvgIpc) is 2.87. The Morgan fingerprint density at radius 3 is 2.47 bits per heavy atom. The number of ether oxygens (including phenoxy) is 1. The van der Waals surface area contributed by atoms with Crippen molar-refractivity contribution < 1.29 is 9.53 Å². The second-order valence-corrected chi connectivity index (χ2v) is 2.84. The van der Waals surface area contributed by atoms with Crippen molar-refractivity contribution in [3.63, 3.8) is 0 Å². The molecule has 0 aliphatic rings. The van der Waals surface area contributed by atoms with Crippen LogP contribution in [0.4, 0.5) is 0 Å². The molecule has 100 valence electrons. The molecule has 5 heteroatoms. The monoisotopic (exact) mass is 243 g/mol. The number of hydrogen-bond donors (Lipinski definition) is 1. The van der Waals surface area contributed by atoms with Crippen molar-refractivity contribution in [2.24, 2.45) is 0 Å². The van der Waals surface area contributed by atoms with Crippen molar-refractivity contribution in [2.75, 3.05) is 27.3 Å². The fourth-order valence-electron chi connectivity index (χ4n) is 0.801. The van der Waals surface area contributed by atoms with Gasteiger partial charge in [-0.3, -0.25) is 4.79 Å². The molecule has 0 bridgehead atoms. The average molecular weight is 243 g/mol. The standard InChI is InChI=1S/C7H11N3O.C3H8O.C2H6/c1-8-2-3-10-4-7(5-11)9-6-10;1-3-4-2;1-2/h4-6,8H,2-3H2,1H3;3H2,1-2H3;1-2H3. The van der Waals surface area contributed by atoms with E-state index in [9.17, 15) is 4.79 Å². The molecule has 17 heavy (non-hydrogen) atoms. The second kappa shape index (κ2) is 14.8. The fourth-order valence-corrected chi connectivity index (χ4v) is 0.801. The van der Waals surface area contributed by atoms with Crippen LogP contribution in [0.5, 0.6) is 0 Å². The first-order chi connectivity index (χ1) is 8.28. The van der Waals surface area contributed by atoms with E-state index in [1.54, 1.807) is 19.6 Å². The SMILES string of the molecule is CC.CCOC.CNCCn1cnc(C=O)c1. The van der Waals surface area contributed by atoms with Gasteiger partial charge in [-0.15, -0.1) is 0 Å². The lowest BCUT2D eigenvalue weighted by Gasteiger charge is -1.98. The minimum atomic E-state index is 0.487. The molecule has 0 radical (unpaired) electrons. The summed E-state index contributed by atoms with van der Waals surface area (Å²) in [4.78, 5) is 14.1. The van der Waals surface area contributed by atoms with E-state index in [0.717, 1.165) is 26.0 Å². The number of hydrogen-bond acceptors (Lipinski definition) is 4. The summed E-state index contributed by atoms with van der Waals surface area (Å²) in [6, 6.07) is 0. The van der Waals surface area contributed by atoms with Crippen molar-refractivity contribution in [2.45, 2.75) is 27.3 Å². The van der Waals surface area contributed by atoms with Gasteiger partial charge in [-0.25, -0.2) is 4.98 Å². The Kier molecular flexibility index (Phi) is 15.8. The minimum Gasteiger partial charge on any atom is -0.385 e. The van der Waals surface area contributed by atoms with Gasteiger partial charge in [0.1, 0.15) is 5.69 Å². The summed E-state index contributed by atoms with van der Waals surface area (Å²) < 4.78 is 6.42. The van der Waals surface area contributed by atoms with Gasteiger partial charge in [0, 0.05) is 33.0 Å². The Labute approximate surface area is 104 Å². The minimum absolute atomic E-state index is 0.487. The summed E-state index contributed by atoms with van der Waals surface area (Å²) in [6.45, 7) is 8.51. The van der Waals surface area contributed by atoms with Crippen LogP contribution >= 0.6 is 0 Å². The van der Waals surface area contributed by atoms with Crippen molar-refractivity contribution >= 4 is 6.29 Å². The van der Waals surface area contributed by atoms with Crippen LogP contribution in [0.3, 0.4) is 0 Å². The predicted molar refractivity (Wildman–Crippen MR) is 70.4 cm³/mol. The van der Waals surface area contributed by atoms with Crippen LogP contribution in [0.1, 0.15) is 31.3 Å². The van der Waals surface area contributed by atoms with Gasteiger partial charge in [-0.1, -0.05) is 13.8 Å². The van der Waals surface area contributed by atoms with Crippen LogP contribution in [0.2, 0.25) is 0 Å². The lowest BCUT2D eigenvalue weighted by molar-refractivity contribution is 0.111. The molecular formula is C12H25N3O2. The molecule has 0 atom stereocenters. The third-order valence-corrected chi connectivity index (χ3v) is 1.68. The lowest BCUT2D eigenvalue weighted by atomic mass is 10.5. The van der Waals surface area contributed by atoms with E-state index in [0.29, 0.717) is 5.69 Å². The molecule has 0 saturated carbocycles. The zero-order chi connectivity index (χ0) is 13.5. The van der Waals surface area contributed by atoms with Crippen LogP contribution in [0.25, 0.3) is 0 Å². The summed E-state index contributed by atoms with van der Waals surface area (Å²) in [5.74, 6) is 0. The molecule has 0 amide bonds. The third-order valence-electron chi connectivity index (χ3n) is 1.68. The van der Waals surface area contributed by atoms with Gasteiger partial charge < -0.3 is 14.6 Å². The Morgan fingerprint density at radius 2 is 2.12 bits per heavy atom. The molecule has 0 aromatic carbocycles. The summed E-state index contributed by atoms with van der Waals surface area (Å²) in [6.07, 6.45) is 4.13. The van der Waals surface area contributed by atoms with Gasteiger partial charge in [0.25, 0.3) is 0 Å². The first-order valence-electron chi connectivity index (χ1n) is 5.89. The van der Waals surface area contributed by atoms with E-state index in [-0.39, 0.29) is 0 Å². The number of rotatable bonds is 5. The van der Waals surface area contributed by atoms with Crippen molar-refractivity contribution in [3.05, 3.63) is 18.2 Å². The van der Waals surface area contributed by atoms with Crippen LogP contribution < -0.4 is 5.32 Å². The molecule has 5 nitrogen and oxygen atoms in total. The van der Waals surface area contributed by atoms with Crippen molar-refractivity contribution in [1.82, 2.24) is 14.9 Å². The number of aldehydes is 1. The highest BCUT2D eigenvalue weighted by Crippen LogP contribution is 1.90. The zero-order valence-corrected chi connectivity index (χ0v) is 11.6. The van der Waals surface area contributed by atoms with E-state index in [2.05, 4.69) is 15.0 Å². The summed E-state index contributed by atoms with van der Waals surface area (Å²) in [5, 5.41) is 3.01. The molecule has 1 aromatic heterocycles. The quantitative estimate of drug-likeness (QED) is 0.798. The fraction of sp³-hybridized carbons (Fsp3) is 0.667. The predicted octanol–water partition coefficient (Wildman–Crippen LogP) is 1.59. The van der Waals surface area contributed by atoms with Crippen molar-refractivity contribution in [1.29, 1.82) is 0 Å². The smallest absolute Gasteiger partial charge is 0.169 e. The maximum absolute atomic E-state index is 10.2. The molecule has 1 heterocycles. The van der Waals surface area contributed by atoms with E-state index in [4.69, 9.17) is 0 Å². The maximum Gasteiger partial charge on any atom is 0.169 e. The van der Waals surface area contributed by atoms with Gasteiger partial charge in [-0.05, 0) is 14.0 Å². The van der Waals surface area contributed by atoms with Crippen LogP contribution in [-0.2, 0) is 11.3 Å². The number of nitrogens with one attached hydrogen (secondary N) is 1. The van der Waals surface area contributed by atoms with E-state index < -0.39 is 0 Å². The Hall–Kier alpha value is -1.20. The topological polar surface area (TPSA) is 56.1 Å². The number of carbonyl (C=O) groups excluding carboxylic acids is 1. The third kappa shape index (κ3) is 11.1. The summed E-state index contributed by atoms with van der Waals surface area (Å²) in [7, 11) is 3.57. The van der Waals surface area contributed by atoms with Gasteiger partial charge in [-0.2, -0.15) is 0 Å². The molecule has 1 aromatic rings. The molecule has 0 spiro atoms. The highest BCUT2D eigenvalue weighted by Gasteiger charge is 1.94. The van der Waals surface area contributed by atoms with E-state index >= 15 is 0 Å². The van der Waals surface area contributed by atoms with Gasteiger partial charge in [0.05, 0.1) is 6.33 Å². The number of imidazole rings is 1. The summed E-state index contributed by atoms with van der Waals surface area (Å²) >= 11 is 0. The molecule has 0 fully saturated rings. The molecule has 0 saturated heterocycles. The zero-order valence-electron chi connectivity index (χ0n) is 11.6. The van der Waals surface area contributed by atoms with E-state index in [1.165, 1.54) is 0 Å². The molecule has 0 aliphatic heterocycles. The van der Waals surface area contributed by atoms with Crippen LogP contribution in [0, 0.1) is 0 Å². The summed E-state index contributed by atoms with van der Waals surface area (Å²) in [5.41, 5.74) is 0.487. The maximum atomic E-state index is 10.2. The van der Waals surface area contributed by atoms with Gasteiger partial charge in [0.2, 0.25) is 0 Å². The number of nitrogens with zero attached hydrogens (tertiary/aromatic N) is 2. The molecule has 0 aliphatic carbocycles. The largest absolute Gasteiger partial charge is 0.385 e. The Morgan fingerprint density at radius 1 is 1.53 bits per heavy atom. The van der Waals surface area contributed by atoms with Crippen LogP contribution in [-0.4, -0.2) is 43.1 Å². The molecule has 1 N–H and O–H groups in total. The Balaban J connectivity index is 0. The second-order valence-electron chi connectivity index (χ2n) is 2.84. The van der Waals surface area contributed by atoms with Crippen LogP contribution in [0.15, 0.2) is 12.5 Å². The van der Waals surface area contributed by atoms with E-state index in [1.807, 2.05) is 32.4 Å². The lowest BCUT2D eigenvalue weighted by Crippen LogP contribution is -2.13. The first-order valence-corrected chi connectivity index (χ1v) is 5.89. The number of methoxy groups -OCH3 is 1. The first kappa shape index (κ1) is 18.2. The highest BCUT2D eigenvalue weighted by molar-refractivity contribution is 5.70. The van der Waals surface area contributed by atoms with Crippen molar-refractivity contribution in [3.8, 4) is 0 Å². The number of likely N-dealkylation sites (N-methyl/N-ethyl adjacent to an activating group) is 1. The highest BCUT2D eigenvalue weighted by atomic mass is 16.5. The molecule has 1 rings (SSSR count). The number of aromatic nitrogens is 2. The molecular weight excluding hydrogens is 218 g/mol. The normalized spacial score (nSPS) is 8.53. The number of carbonyl (C=O) groups is 1. The van der Waals surface area contributed by atoms with Gasteiger partial charge >= 0.3 is 0 Å². The van der Waals surface area contributed by atoms with Gasteiger partial charge in [0.15, 0.2) is 6.29 Å². The Bertz CT molecular complexity index is 260. The molecule has 0 unspecified atom stereocenters.